The van der Waals surface area contributed by atoms with Gasteiger partial charge in [0.1, 0.15) is 6.61 Å². The molecule has 2 aromatic rings. The van der Waals surface area contributed by atoms with Crippen molar-refractivity contribution in [3.63, 3.8) is 0 Å². The van der Waals surface area contributed by atoms with Crippen LogP contribution in [-0.2, 0) is 13.9 Å². The van der Waals surface area contributed by atoms with E-state index in [-0.39, 0.29) is 24.5 Å². The molecule has 1 aliphatic rings. The van der Waals surface area contributed by atoms with E-state index in [1.807, 2.05) is 36.4 Å². The lowest BCUT2D eigenvalue weighted by atomic mass is 10.2. The van der Waals surface area contributed by atoms with Gasteiger partial charge in [0.05, 0.1) is 0 Å². The second kappa shape index (κ2) is 11.0. The van der Waals surface area contributed by atoms with Gasteiger partial charge in [-0.1, -0.05) is 81.4 Å². The van der Waals surface area contributed by atoms with Gasteiger partial charge in [0.15, 0.2) is 6.29 Å². The fourth-order valence-corrected chi connectivity index (χ4v) is 9.05. The Morgan fingerprint density at radius 2 is 1.53 bits per heavy atom. The molecule has 0 aliphatic carbocycles. The minimum atomic E-state index is -2.89. The molecule has 1 aliphatic heterocycles. The summed E-state index contributed by atoms with van der Waals surface area (Å²) in [6.45, 7) is 6.83. The summed E-state index contributed by atoms with van der Waals surface area (Å²) in [6.07, 6.45) is 2.12. The number of benzene rings is 2. The molecule has 3 rings (SSSR count). The van der Waals surface area contributed by atoms with Gasteiger partial charge in [-0.15, -0.1) is 0 Å². The van der Waals surface area contributed by atoms with Crippen molar-refractivity contribution in [3.05, 3.63) is 60.7 Å². The van der Waals surface area contributed by atoms with Crippen LogP contribution in [0, 0.1) is 0 Å². The Morgan fingerprint density at radius 3 is 2.03 bits per heavy atom. The standard InChI is InChI=1S/C26H36F2O3Si/c1-25(2,3)32(22-13-6-4-7-14-22,23-15-8-5-9-16-23)31-20-12-18-26(27,28)21-30-24-17-10-11-19-29-24/h4-9,13-16,24H,10-12,17-21H2,1-3H3. The van der Waals surface area contributed by atoms with Gasteiger partial charge < -0.3 is 13.9 Å². The number of halogens is 2. The Morgan fingerprint density at radius 1 is 0.938 bits per heavy atom. The van der Waals surface area contributed by atoms with Gasteiger partial charge in [-0.05, 0) is 41.1 Å². The summed E-state index contributed by atoms with van der Waals surface area (Å²) in [7, 11) is -2.69. The van der Waals surface area contributed by atoms with Crippen LogP contribution in [0.2, 0.25) is 5.04 Å². The van der Waals surface area contributed by atoms with Gasteiger partial charge in [-0.25, -0.2) is 8.78 Å². The zero-order chi connectivity index (χ0) is 23.1. The minimum absolute atomic E-state index is 0.167. The first-order valence-electron chi connectivity index (χ1n) is 11.6. The first-order chi connectivity index (χ1) is 15.2. The molecule has 1 heterocycles. The lowest BCUT2D eigenvalue weighted by molar-refractivity contribution is -0.201. The van der Waals surface area contributed by atoms with Crippen LogP contribution in [0.25, 0.3) is 0 Å². The van der Waals surface area contributed by atoms with Crippen LogP contribution in [0.3, 0.4) is 0 Å². The van der Waals surface area contributed by atoms with E-state index >= 15 is 0 Å². The SMILES string of the molecule is CC(C)(C)[Si](OCCCC(F)(F)COC1CCCCO1)(c1ccccc1)c1ccccc1. The summed E-state index contributed by atoms with van der Waals surface area (Å²) in [5.74, 6) is -2.89. The van der Waals surface area contributed by atoms with E-state index in [0.29, 0.717) is 13.0 Å². The molecule has 2 aromatic carbocycles. The fraction of sp³-hybridized carbons (Fsp3) is 0.538. The molecule has 0 spiro atoms. The molecule has 6 heteroatoms. The monoisotopic (exact) mass is 462 g/mol. The van der Waals surface area contributed by atoms with Crippen molar-refractivity contribution in [3.8, 4) is 0 Å². The smallest absolute Gasteiger partial charge is 0.271 e. The van der Waals surface area contributed by atoms with E-state index in [1.54, 1.807) is 0 Å². The maximum absolute atomic E-state index is 14.5. The molecule has 0 N–H and O–H groups in total. The summed E-state index contributed by atoms with van der Waals surface area (Å²) in [4.78, 5) is 0. The highest BCUT2D eigenvalue weighted by Gasteiger charge is 2.50. The van der Waals surface area contributed by atoms with Gasteiger partial charge in [-0.2, -0.15) is 0 Å². The minimum Gasteiger partial charge on any atom is -0.407 e. The lowest BCUT2D eigenvalue weighted by Crippen LogP contribution is -2.66. The number of hydrogen-bond acceptors (Lipinski definition) is 3. The maximum Gasteiger partial charge on any atom is 0.271 e. The molecule has 1 atom stereocenters. The lowest BCUT2D eigenvalue weighted by Gasteiger charge is -2.43. The van der Waals surface area contributed by atoms with Crippen molar-refractivity contribution < 1.29 is 22.7 Å². The van der Waals surface area contributed by atoms with Crippen molar-refractivity contribution in [1.29, 1.82) is 0 Å². The highest BCUT2D eigenvalue weighted by Crippen LogP contribution is 2.37. The first kappa shape index (κ1) is 25.0. The van der Waals surface area contributed by atoms with Crippen LogP contribution in [0.5, 0.6) is 0 Å². The Hall–Kier alpha value is -1.60. The van der Waals surface area contributed by atoms with Crippen LogP contribution in [-0.4, -0.2) is 40.4 Å². The van der Waals surface area contributed by atoms with Crippen LogP contribution in [0.15, 0.2) is 60.7 Å². The highest BCUT2D eigenvalue weighted by atomic mass is 28.4. The predicted molar refractivity (Wildman–Crippen MR) is 127 cm³/mol. The van der Waals surface area contributed by atoms with E-state index in [2.05, 4.69) is 45.0 Å². The van der Waals surface area contributed by atoms with E-state index in [9.17, 15) is 8.78 Å². The summed E-state index contributed by atoms with van der Waals surface area (Å²) < 4.78 is 46.3. The van der Waals surface area contributed by atoms with Crippen LogP contribution >= 0.6 is 0 Å². The molecule has 1 saturated heterocycles. The average molecular weight is 463 g/mol. The van der Waals surface area contributed by atoms with Crippen LogP contribution in [0.1, 0.15) is 52.9 Å². The van der Waals surface area contributed by atoms with Crippen molar-refractivity contribution in [2.45, 2.75) is 70.1 Å². The highest BCUT2D eigenvalue weighted by molar-refractivity contribution is 6.99. The van der Waals surface area contributed by atoms with E-state index < -0.39 is 27.1 Å². The topological polar surface area (TPSA) is 27.7 Å². The van der Waals surface area contributed by atoms with Crippen molar-refractivity contribution in [1.82, 2.24) is 0 Å². The molecule has 1 fully saturated rings. The molecule has 1 unspecified atom stereocenters. The van der Waals surface area contributed by atoms with E-state index in [1.165, 1.54) is 0 Å². The van der Waals surface area contributed by atoms with Gasteiger partial charge in [0.25, 0.3) is 14.2 Å². The largest absolute Gasteiger partial charge is 0.407 e. The van der Waals surface area contributed by atoms with Crippen molar-refractivity contribution >= 4 is 18.7 Å². The second-order valence-corrected chi connectivity index (χ2v) is 13.9. The van der Waals surface area contributed by atoms with Crippen molar-refractivity contribution in [2.24, 2.45) is 0 Å². The third-order valence-corrected chi connectivity index (χ3v) is 11.1. The first-order valence-corrected chi connectivity index (χ1v) is 13.5. The normalized spacial score (nSPS) is 18.0. The maximum atomic E-state index is 14.5. The van der Waals surface area contributed by atoms with Gasteiger partial charge in [0, 0.05) is 19.6 Å². The molecule has 0 amide bonds. The van der Waals surface area contributed by atoms with Crippen LogP contribution in [0.4, 0.5) is 8.78 Å². The molecule has 176 valence electrons. The van der Waals surface area contributed by atoms with E-state index in [4.69, 9.17) is 13.9 Å². The average Bonchev–Trinajstić information content (AvgIpc) is 2.79. The molecule has 3 nitrogen and oxygen atoms in total. The molecular formula is C26H36F2O3Si. The molecule has 32 heavy (non-hydrogen) atoms. The second-order valence-electron chi connectivity index (χ2n) is 9.58. The zero-order valence-electron chi connectivity index (χ0n) is 19.5. The molecule has 0 aromatic heterocycles. The van der Waals surface area contributed by atoms with Crippen molar-refractivity contribution in [2.75, 3.05) is 19.8 Å². The number of ether oxygens (including phenoxy) is 2. The number of alkyl halides is 2. The van der Waals surface area contributed by atoms with Gasteiger partial charge in [0.2, 0.25) is 0 Å². The number of rotatable bonds is 10. The third-order valence-electron chi connectivity index (χ3n) is 6.04. The Kier molecular flexibility index (Phi) is 8.61. The quantitative estimate of drug-likeness (QED) is 0.344. The van der Waals surface area contributed by atoms with Crippen LogP contribution < -0.4 is 10.4 Å². The summed E-state index contributed by atoms with van der Waals surface area (Å²) in [5.41, 5.74) is 0. The predicted octanol–water partition coefficient (Wildman–Crippen LogP) is 5.52. The van der Waals surface area contributed by atoms with Gasteiger partial charge in [-0.3, -0.25) is 0 Å². The molecule has 0 saturated carbocycles. The Bertz CT molecular complexity index is 763. The Labute approximate surface area is 192 Å². The fourth-order valence-electron chi connectivity index (χ4n) is 4.45. The molecule has 0 radical (unpaired) electrons. The summed E-state index contributed by atoms with van der Waals surface area (Å²) >= 11 is 0. The molecule has 0 bridgehead atoms. The Balaban J connectivity index is 1.68. The molecular weight excluding hydrogens is 426 g/mol. The third kappa shape index (κ3) is 6.25. The summed E-state index contributed by atoms with van der Waals surface area (Å²) in [6, 6.07) is 20.5. The van der Waals surface area contributed by atoms with E-state index in [0.717, 1.165) is 23.2 Å². The summed E-state index contributed by atoms with van der Waals surface area (Å²) in [5, 5.41) is 2.14. The van der Waals surface area contributed by atoms with Gasteiger partial charge >= 0.3 is 0 Å². The zero-order valence-corrected chi connectivity index (χ0v) is 20.5. The number of hydrogen-bond donors (Lipinski definition) is 0.